The fourth-order valence-corrected chi connectivity index (χ4v) is 7.43. The number of hydrogen-bond acceptors (Lipinski definition) is 7. The number of alkyl carbamates (subject to hydrolysis) is 1. The summed E-state index contributed by atoms with van der Waals surface area (Å²) in [5, 5.41) is 13.5. The van der Waals surface area contributed by atoms with Crippen LogP contribution in [0, 0.1) is 40.9 Å². The Morgan fingerprint density at radius 3 is 2.08 bits per heavy atom. The molecule has 9 heteroatoms. The lowest BCUT2D eigenvalue weighted by atomic mass is 9.78. The van der Waals surface area contributed by atoms with Gasteiger partial charge < -0.3 is 36.6 Å². The first-order valence-corrected chi connectivity index (χ1v) is 22.7. The van der Waals surface area contributed by atoms with Crippen molar-refractivity contribution in [2.45, 2.75) is 160 Å². The van der Waals surface area contributed by atoms with Gasteiger partial charge in [0.2, 0.25) is 5.91 Å². The van der Waals surface area contributed by atoms with Crippen molar-refractivity contribution in [2.75, 3.05) is 20.2 Å². The van der Waals surface area contributed by atoms with Crippen molar-refractivity contribution >= 4 is 12.0 Å². The lowest BCUT2D eigenvalue weighted by molar-refractivity contribution is -0.133. The van der Waals surface area contributed by atoms with Crippen molar-refractivity contribution in [3.05, 3.63) is 85.1 Å². The van der Waals surface area contributed by atoms with Gasteiger partial charge in [-0.3, -0.25) is 4.79 Å². The number of carbonyl (C=O) groups is 2. The molecule has 0 heterocycles. The summed E-state index contributed by atoms with van der Waals surface area (Å²) < 4.78 is 5.57. The first-order chi connectivity index (χ1) is 27.7. The number of nitrogens with zero attached hydrogens (tertiary/aromatic N) is 1. The summed E-state index contributed by atoms with van der Waals surface area (Å²) in [4.78, 5) is 28.7. The fourth-order valence-electron chi connectivity index (χ4n) is 7.43. The molecule has 8 atom stereocenters. The monoisotopic (exact) mass is 823 g/mol. The van der Waals surface area contributed by atoms with Crippen molar-refractivity contribution < 1.29 is 14.3 Å². The van der Waals surface area contributed by atoms with E-state index in [4.69, 9.17) is 10.5 Å². The highest BCUT2D eigenvalue weighted by molar-refractivity contribution is 5.82. The average molecular weight is 823 g/mol. The second-order valence-corrected chi connectivity index (χ2v) is 18.1. The molecule has 0 saturated heterocycles. The van der Waals surface area contributed by atoms with Crippen LogP contribution in [0.15, 0.2) is 85.1 Å². The van der Waals surface area contributed by atoms with Crippen LogP contribution in [0.1, 0.15) is 135 Å². The van der Waals surface area contributed by atoms with E-state index in [0.717, 1.165) is 43.4 Å². The third-order valence-electron chi connectivity index (χ3n) is 10.7. The summed E-state index contributed by atoms with van der Waals surface area (Å²) in [6.07, 6.45) is 16.1. The van der Waals surface area contributed by atoms with Gasteiger partial charge in [0.1, 0.15) is 12.6 Å². The van der Waals surface area contributed by atoms with Crippen LogP contribution in [0.3, 0.4) is 0 Å². The third-order valence-corrected chi connectivity index (χ3v) is 10.7. The number of carbonyl (C=O) groups excluding carboxylic acids is 2. The van der Waals surface area contributed by atoms with Gasteiger partial charge in [-0.05, 0) is 92.4 Å². The van der Waals surface area contributed by atoms with Crippen LogP contribution in [-0.2, 0) is 9.53 Å². The van der Waals surface area contributed by atoms with Gasteiger partial charge in [0.25, 0.3) is 0 Å². The molecule has 0 radical (unpaired) electrons. The van der Waals surface area contributed by atoms with E-state index in [1.54, 1.807) is 0 Å². The van der Waals surface area contributed by atoms with Crippen LogP contribution >= 0.6 is 0 Å². The van der Waals surface area contributed by atoms with Gasteiger partial charge in [-0.2, -0.15) is 0 Å². The molecular weight excluding hydrogens is 733 g/mol. The zero-order valence-corrected chi connectivity index (χ0v) is 40.4. The van der Waals surface area contributed by atoms with Gasteiger partial charge in [-0.25, -0.2) is 4.79 Å². The predicted molar refractivity (Wildman–Crippen MR) is 254 cm³/mol. The molecule has 2 bridgehead atoms. The molecule has 6 unspecified atom stereocenters. The van der Waals surface area contributed by atoms with Crippen molar-refractivity contribution in [1.29, 1.82) is 0 Å². The van der Waals surface area contributed by atoms with Gasteiger partial charge in [0, 0.05) is 37.1 Å². The Labute approximate surface area is 363 Å². The minimum absolute atomic E-state index is 0.0202. The van der Waals surface area contributed by atoms with Gasteiger partial charge >= 0.3 is 6.09 Å². The summed E-state index contributed by atoms with van der Waals surface area (Å²) in [6, 6.07) is -0.536. The number of ether oxygens (including phenoxy) is 1. The predicted octanol–water partition coefficient (Wildman–Crippen LogP) is 10.8. The van der Waals surface area contributed by atoms with E-state index < -0.39 is 12.1 Å². The quantitative estimate of drug-likeness (QED) is 0.0776. The molecule has 9 nitrogen and oxygen atoms in total. The minimum atomic E-state index is -0.477. The first kappa shape index (κ1) is 55.1. The lowest BCUT2D eigenvalue weighted by Gasteiger charge is -2.37. The van der Waals surface area contributed by atoms with Crippen molar-refractivity contribution in [1.82, 2.24) is 26.2 Å². The minimum Gasteiger partial charge on any atom is -0.447 e. The van der Waals surface area contributed by atoms with Crippen LogP contribution in [0.2, 0.25) is 0 Å². The highest BCUT2D eigenvalue weighted by Crippen LogP contribution is 2.47. The summed E-state index contributed by atoms with van der Waals surface area (Å²) in [5.41, 5.74) is 9.36. The number of rotatable bonds is 20. The average Bonchev–Trinajstić information content (AvgIpc) is 3.95. The van der Waals surface area contributed by atoms with E-state index in [9.17, 15) is 9.59 Å². The van der Waals surface area contributed by atoms with E-state index in [0.29, 0.717) is 35.8 Å². The van der Waals surface area contributed by atoms with Crippen molar-refractivity contribution in [2.24, 2.45) is 46.7 Å². The first-order valence-electron chi connectivity index (χ1n) is 22.7. The number of allylic oxidation sites excluding steroid dienone is 8. The molecule has 59 heavy (non-hydrogen) atoms. The molecule has 0 aliphatic heterocycles. The molecule has 0 aromatic rings. The standard InChI is InChI=1S/C43H70N6O3.C3H8.2C2H6/c1-26(2)18-37(19-28(5)30(7)44)46-31(8)29(6)38-23-36(38)24-49(13)41(50)40(35-21-33-16-14-15-17-34(20-33)22-35)48-32(9)47-39(43(10,11)12)25-52-42(51)45-27(3)4;1-3-2;2*1-2/h14-17,20,26-27,29,33,35-40,46-48H,5,7-9,18-19,21-25,44H2,1-4,6,10-13H3,(H,45,51);3H2,1-2H3;2*1-2H3/t29?,33?,35?,36-,37?,38+,39?,40?;;;/m0.../s1. The topological polar surface area (TPSA) is 121 Å². The van der Waals surface area contributed by atoms with Crippen LogP contribution in [0.4, 0.5) is 4.79 Å². The third kappa shape index (κ3) is 20.8. The second kappa shape index (κ2) is 27.8. The molecule has 0 spiro atoms. The molecule has 3 aliphatic rings. The maximum absolute atomic E-state index is 14.5. The van der Waals surface area contributed by atoms with Crippen molar-refractivity contribution in [3.8, 4) is 0 Å². The molecular formula is C50H90N6O3. The molecule has 1 fully saturated rings. The Hall–Kier alpha value is -3.88. The zero-order chi connectivity index (χ0) is 45.6. The molecule has 338 valence electrons. The molecule has 0 aromatic carbocycles. The fraction of sp³-hybridized carbons (Fsp3) is 0.680. The van der Waals surface area contributed by atoms with Crippen LogP contribution in [0.5, 0.6) is 0 Å². The lowest BCUT2D eigenvalue weighted by Crippen LogP contribution is -2.54. The van der Waals surface area contributed by atoms with Gasteiger partial charge in [0.05, 0.1) is 11.9 Å². The summed E-state index contributed by atoms with van der Waals surface area (Å²) in [7, 11) is 1.93. The highest BCUT2D eigenvalue weighted by Gasteiger charge is 2.44. The van der Waals surface area contributed by atoms with E-state index >= 15 is 0 Å². The Morgan fingerprint density at radius 2 is 1.54 bits per heavy atom. The molecule has 3 rings (SSSR count). The van der Waals surface area contributed by atoms with E-state index in [1.807, 2.05) is 53.5 Å². The number of likely N-dealkylation sites (N-methyl/N-ethyl adjacent to an activating group) is 1. The molecule has 1 saturated carbocycles. The summed E-state index contributed by atoms with van der Waals surface area (Å²) in [5.74, 6) is 2.58. The van der Waals surface area contributed by atoms with Crippen LogP contribution in [0.25, 0.3) is 0 Å². The normalized spacial score (nSPS) is 20.7. The molecule has 6 N–H and O–H groups in total. The highest BCUT2D eigenvalue weighted by atomic mass is 16.5. The Balaban J connectivity index is 0.00000452. The number of fused-ring (bicyclic) bond motifs is 1. The zero-order valence-electron chi connectivity index (χ0n) is 40.4. The Kier molecular flexibility index (Phi) is 26.0. The van der Waals surface area contributed by atoms with E-state index in [1.165, 1.54) is 12.0 Å². The SMILES string of the molecule is C=C(NC(C(=O)N(C)C[C@@H]1C[C@@H]1C(C)C(=C)NC(CC(=C)C(=C)N)CC(C)C)C1CC2=CC(C=CC=C2)C1)NC(COC(=O)NC(C)C)C(C)(C)C.CC.CC.CCC. The van der Waals surface area contributed by atoms with Gasteiger partial charge in [-0.1, -0.05) is 152 Å². The Morgan fingerprint density at radius 1 is 0.932 bits per heavy atom. The smallest absolute Gasteiger partial charge is 0.407 e. The molecule has 3 aliphatic carbocycles. The second-order valence-electron chi connectivity index (χ2n) is 18.1. The van der Waals surface area contributed by atoms with E-state index in [2.05, 4.69) is 133 Å². The summed E-state index contributed by atoms with van der Waals surface area (Å²) >= 11 is 0. The largest absolute Gasteiger partial charge is 0.447 e. The van der Waals surface area contributed by atoms with E-state index in [-0.39, 0.29) is 53.8 Å². The van der Waals surface area contributed by atoms with Crippen molar-refractivity contribution in [3.63, 3.8) is 0 Å². The number of nitrogens with one attached hydrogen (secondary N) is 4. The summed E-state index contributed by atoms with van der Waals surface area (Å²) in [6.45, 7) is 46.6. The van der Waals surface area contributed by atoms with Gasteiger partial charge in [-0.15, -0.1) is 0 Å². The maximum atomic E-state index is 14.5. The number of hydrogen-bond donors (Lipinski definition) is 5. The van der Waals surface area contributed by atoms with Gasteiger partial charge in [0.15, 0.2) is 0 Å². The van der Waals surface area contributed by atoms with Crippen LogP contribution in [-0.4, -0.2) is 61.3 Å². The molecule has 2 amide bonds. The number of nitrogens with two attached hydrogens (primary N) is 1. The molecule has 0 aromatic heterocycles. The van der Waals surface area contributed by atoms with Crippen LogP contribution < -0.4 is 27.0 Å². The Bertz CT molecular complexity index is 1420. The maximum Gasteiger partial charge on any atom is 0.407 e. The number of amides is 2.